The lowest BCUT2D eigenvalue weighted by Gasteiger charge is -2.32. The number of thiophene rings is 1. The van der Waals surface area contributed by atoms with Crippen molar-refractivity contribution in [2.45, 2.75) is 39.7 Å². The Morgan fingerprint density at radius 1 is 1.12 bits per heavy atom. The minimum Gasteiger partial charge on any atom is -0.484 e. The van der Waals surface area contributed by atoms with Crippen molar-refractivity contribution in [2.75, 3.05) is 26.8 Å². The molecule has 1 aliphatic rings. The van der Waals surface area contributed by atoms with Crippen molar-refractivity contribution in [1.82, 2.24) is 14.5 Å². The van der Waals surface area contributed by atoms with Crippen LogP contribution in [0, 0.1) is 11.8 Å². The fraction of sp³-hybridized carbons (Fsp3) is 0.364. The number of hydrogen-bond donors (Lipinski definition) is 0. The average molecular weight is 622 g/mol. The molecular formula is C33H36ClN3O5S. The Bertz CT molecular complexity index is 1640. The van der Waals surface area contributed by atoms with E-state index in [9.17, 15) is 9.59 Å². The normalized spacial score (nSPS) is 14.6. The first-order chi connectivity index (χ1) is 20.7. The van der Waals surface area contributed by atoms with Gasteiger partial charge in [0.1, 0.15) is 23.2 Å². The van der Waals surface area contributed by atoms with Gasteiger partial charge in [0.15, 0.2) is 4.88 Å². The molecule has 0 saturated carbocycles. The molecule has 0 spiro atoms. The van der Waals surface area contributed by atoms with Crippen LogP contribution >= 0.6 is 22.9 Å². The van der Waals surface area contributed by atoms with E-state index < -0.39 is 12.1 Å². The Balaban J connectivity index is 1.37. The number of carbonyl (C=O) groups excluding carboxylic acids is 2. The fourth-order valence-corrected chi connectivity index (χ4v) is 6.50. The molecule has 1 fully saturated rings. The first kappa shape index (κ1) is 30.6. The number of piperidine rings is 1. The minimum atomic E-state index is -0.476. The van der Waals surface area contributed by atoms with E-state index in [-0.39, 0.29) is 12.0 Å². The average Bonchev–Trinajstić information content (AvgIpc) is 3.63. The van der Waals surface area contributed by atoms with E-state index in [0.717, 1.165) is 45.6 Å². The van der Waals surface area contributed by atoms with Crippen LogP contribution in [0.25, 0.3) is 21.6 Å². The van der Waals surface area contributed by atoms with Crippen molar-refractivity contribution < 1.29 is 23.8 Å². The quantitative estimate of drug-likeness (QED) is 0.175. The van der Waals surface area contributed by atoms with Crippen molar-refractivity contribution in [3.63, 3.8) is 0 Å². The van der Waals surface area contributed by atoms with Gasteiger partial charge < -0.3 is 19.1 Å². The molecule has 0 bridgehead atoms. The smallest absolute Gasteiger partial charge is 0.409 e. The number of fused-ring (bicyclic) bond motifs is 1. The number of amides is 1. The lowest BCUT2D eigenvalue weighted by Crippen LogP contribution is -2.39. The van der Waals surface area contributed by atoms with Crippen molar-refractivity contribution in [2.24, 2.45) is 11.8 Å². The summed E-state index contributed by atoms with van der Waals surface area (Å²) in [6.45, 7) is 12.1. The number of imidazole rings is 1. The number of benzene rings is 2. The highest BCUT2D eigenvalue weighted by molar-refractivity contribution is 7.16. The van der Waals surface area contributed by atoms with Gasteiger partial charge in [0.2, 0.25) is 0 Å². The number of esters is 1. The summed E-state index contributed by atoms with van der Waals surface area (Å²) in [7, 11) is 1.35. The maximum Gasteiger partial charge on any atom is 0.409 e. The summed E-state index contributed by atoms with van der Waals surface area (Å²) in [5, 5.41) is 1.36. The van der Waals surface area contributed by atoms with Gasteiger partial charge in [0.05, 0.1) is 24.8 Å². The maximum absolute atomic E-state index is 12.7. The number of halogens is 1. The summed E-state index contributed by atoms with van der Waals surface area (Å²) < 4.78 is 18.7. The third-order valence-electron chi connectivity index (χ3n) is 7.64. The van der Waals surface area contributed by atoms with Crippen molar-refractivity contribution in [3.8, 4) is 10.8 Å². The fourth-order valence-electron chi connectivity index (χ4n) is 5.22. The van der Waals surface area contributed by atoms with E-state index >= 15 is 0 Å². The number of aromatic nitrogens is 2. The van der Waals surface area contributed by atoms with E-state index in [1.807, 2.05) is 67.8 Å². The van der Waals surface area contributed by atoms with Crippen LogP contribution in [0.5, 0.6) is 5.75 Å². The molecule has 2 aromatic heterocycles. The molecule has 0 radical (unpaired) electrons. The van der Waals surface area contributed by atoms with E-state index in [1.165, 1.54) is 18.4 Å². The Kier molecular flexibility index (Phi) is 9.42. The van der Waals surface area contributed by atoms with Gasteiger partial charge in [-0.05, 0) is 60.9 Å². The molecule has 1 saturated heterocycles. The lowest BCUT2D eigenvalue weighted by molar-refractivity contribution is 0.0599. The van der Waals surface area contributed by atoms with E-state index in [4.69, 9.17) is 25.8 Å². The Labute approximate surface area is 260 Å². The van der Waals surface area contributed by atoms with Gasteiger partial charge in [-0.25, -0.2) is 14.6 Å². The highest BCUT2D eigenvalue weighted by Gasteiger charge is 2.27. The second-order valence-corrected chi connectivity index (χ2v) is 12.6. The van der Waals surface area contributed by atoms with E-state index in [2.05, 4.69) is 17.6 Å². The molecule has 2 aromatic carbocycles. The zero-order valence-corrected chi connectivity index (χ0v) is 26.4. The molecule has 1 atom stereocenters. The van der Waals surface area contributed by atoms with Gasteiger partial charge >= 0.3 is 12.1 Å². The predicted molar refractivity (Wildman–Crippen MR) is 170 cm³/mol. The van der Waals surface area contributed by atoms with Gasteiger partial charge in [-0.3, -0.25) is 4.57 Å². The molecule has 1 amide bonds. The number of carbonyl (C=O) groups is 2. The van der Waals surface area contributed by atoms with E-state index in [1.54, 1.807) is 11.2 Å². The number of allylic oxidation sites excluding steroid dienone is 1. The number of rotatable bonds is 9. The molecule has 4 aromatic rings. The van der Waals surface area contributed by atoms with Crippen LogP contribution in [0.3, 0.4) is 0 Å². The van der Waals surface area contributed by atoms with Crippen LogP contribution in [0.1, 0.15) is 60.5 Å². The van der Waals surface area contributed by atoms with Gasteiger partial charge in [0, 0.05) is 29.7 Å². The first-order valence-electron chi connectivity index (χ1n) is 14.4. The first-order valence-corrected chi connectivity index (χ1v) is 15.6. The summed E-state index contributed by atoms with van der Waals surface area (Å²) in [6.07, 6.45) is 2.76. The molecule has 43 heavy (non-hydrogen) atoms. The summed E-state index contributed by atoms with van der Waals surface area (Å²) in [5.74, 6) is 0.500. The SMILES string of the molecule is C=C(c1ccc2ncn(-c3cc(O[C@H](C)c4ccccc4Cl)c(C(=O)OC)s3)c2c1)C1CCN(C(=O)OCC(C)C)CC1. The molecule has 8 nitrogen and oxygen atoms in total. The van der Waals surface area contributed by atoms with Crippen molar-refractivity contribution in [1.29, 1.82) is 0 Å². The monoisotopic (exact) mass is 621 g/mol. The summed E-state index contributed by atoms with van der Waals surface area (Å²) in [4.78, 5) is 31.9. The molecule has 226 valence electrons. The number of nitrogens with zero attached hydrogens (tertiary/aromatic N) is 3. The van der Waals surface area contributed by atoms with Crippen molar-refractivity contribution in [3.05, 3.63) is 82.5 Å². The number of likely N-dealkylation sites (tertiary alicyclic amines) is 1. The molecule has 5 rings (SSSR count). The molecule has 0 N–H and O–H groups in total. The number of methoxy groups -OCH3 is 1. The topological polar surface area (TPSA) is 82.9 Å². The Morgan fingerprint density at radius 2 is 1.86 bits per heavy atom. The van der Waals surface area contributed by atoms with Crippen LogP contribution in [-0.2, 0) is 9.47 Å². The van der Waals surface area contributed by atoms with Gasteiger partial charge in [-0.15, -0.1) is 11.3 Å². The zero-order valence-electron chi connectivity index (χ0n) is 24.8. The standard InChI is InChI=1S/C33H36ClN3O5S/c1-20(2)18-41-33(39)36-14-12-23(13-15-36)21(3)24-10-11-27-28(16-24)37(19-35-27)30-17-29(31(43-30)32(38)40-5)42-22(4)25-8-6-7-9-26(25)34/h6-11,16-17,19-20,22-23H,3,12-15,18H2,1-2,4-5H3/t22-/m1/s1. The summed E-state index contributed by atoms with van der Waals surface area (Å²) in [5.41, 5.74) is 4.57. The van der Waals surface area contributed by atoms with E-state index in [0.29, 0.717) is 41.3 Å². The van der Waals surface area contributed by atoms with Gasteiger partial charge in [0.25, 0.3) is 0 Å². The summed E-state index contributed by atoms with van der Waals surface area (Å²) >= 11 is 7.67. The minimum absolute atomic E-state index is 0.241. The second kappa shape index (κ2) is 13.2. The Morgan fingerprint density at radius 3 is 2.56 bits per heavy atom. The predicted octanol–water partition coefficient (Wildman–Crippen LogP) is 8.18. The van der Waals surface area contributed by atoms with Crippen LogP contribution in [0.2, 0.25) is 5.02 Å². The van der Waals surface area contributed by atoms with Crippen LogP contribution < -0.4 is 4.74 Å². The highest BCUT2D eigenvalue weighted by Crippen LogP contribution is 2.38. The third kappa shape index (κ3) is 6.73. The maximum atomic E-state index is 12.7. The molecule has 0 unspecified atom stereocenters. The zero-order chi connectivity index (χ0) is 30.7. The van der Waals surface area contributed by atoms with Gasteiger partial charge in [-0.1, -0.05) is 56.3 Å². The summed E-state index contributed by atoms with van der Waals surface area (Å²) in [6, 6.07) is 15.4. The second-order valence-electron chi connectivity index (χ2n) is 11.1. The number of ether oxygens (including phenoxy) is 3. The molecule has 3 heterocycles. The van der Waals surface area contributed by atoms with Crippen molar-refractivity contribution >= 4 is 51.6 Å². The number of hydrogen-bond acceptors (Lipinski definition) is 7. The molecular weight excluding hydrogens is 586 g/mol. The van der Waals surface area contributed by atoms with Gasteiger partial charge in [-0.2, -0.15) is 0 Å². The van der Waals surface area contributed by atoms with Crippen LogP contribution in [0.4, 0.5) is 4.79 Å². The van der Waals surface area contributed by atoms with Crippen LogP contribution in [-0.4, -0.2) is 53.3 Å². The third-order valence-corrected chi connectivity index (χ3v) is 9.08. The molecule has 0 aliphatic carbocycles. The molecule has 1 aliphatic heterocycles. The molecule has 10 heteroatoms. The highest BCUT2D eigenvalue weighted by atomic mass is 35.5. The Hall–Kier alpha value is -3.82. The lowest BCUT2D eigenvalue weighted by atomic mass is 9.86. The largest absolute Gasteiger partial charge is 0.484 e. The van der Waals surface area contributed by atoms with Crippen LogP contribution in [0.15, 0.2) is 61.4 Å².